The van der Waals surface area contributed by atoms with Crippen molar-refractivity contribution in [1.29, 1.82) is 0 Å². The quantitative estimate of drug-likeness (QED) is 0.543. The zero-order valence-corrected chi connectivity index (χ0v) is 10.2. The number of aryl methyl sites for hydroxylation is 2. The van der Waals surface area contributed by atoms with Crippen molar-refractivity contribution in [2.75, 3.05) is 7.11 Å². The minimum Gasteiger partial charge on any atom is -0.469 e. The molecule has 1 aromatic rings. The maximum absolute atomic E-state index is 10.9. The van der Waals surface area contributed by atoms with E-state index in [2.05, 4.69) is 35.9 Å². The second kappa shape index (κ2) is 7.04. The van der Waals surface area contributed by atoms with Crippen molar-refractivity contribution in [3.63, 3.8) is 0 Å². The molecule has 0 aliphatic heterocycles. The molecule has 0 saturated heterocycles. The summed E-state index contributed by atoms with van der Waals surface area (Å²) in [6, 6.07) is 8.59. The van der Waals surface area contributed by atoms with Crippen LogP contribution in [0.3, 0.4) is 0 Å². The summed E-state index contributed by atoms with van der Waals surface area (Å²) in [4.78, 5) is 10.9. The summed E-state index contributed by atoms with van der Waals surface area (Å²) in [6.07, 6.45) is 4.80. The minimum atomic E-state index is -0.101. The molecule has 1 rings (SSSR count). The van der Waals surface area contributed by atoms with E-state index in [0.717, 1.165) is 25.7 Å². The third-order valence-electron chi connectivity index (χ3n) is 2.66. The van der Waals surface area contributed by atoms with Crippen LogP contribution in [-0.4, -0.2) is 13.1 Å². The Kier molecular flexibility index (Phi) is 5.62. The summed E-state index contributed by atoms with van der Waals surface area (Å²) < 4.78 is 4.59. The molecule has 0 unspecified atom stereocenters. The monoisotopic (exact) mass is 220 g/mol. The number of ether oxygens (including phenoxy) is 1. The number of carbonyl (C=O) groups is 1. The largest absolute Gasteiger partial charge is 0.469 e. The molecule has 16 heavy (non-hydrogen) atoms. The molecule has 0 aliphatic carbocycles. The van der Waals surface area contributed by atoms with E-state index in [0.29, 0.717) is 6.42 Å². The van der Waals surface area contributed by atoms with Crippen LogP contribution in [0.5, 0.6) is 0 Å². The molecule has 2 heteroatoms. The smallest absolute Gasteiger partial charge is 0.305 e. The molecule has 0 atom stereocenters. The van der Waals surface area contributed by atoms with Crippen molar-refractivity contribution in [3.8, 4) is 0 Å². The molecule has 0 radical (unpaired) electrons. The number of rotatable bonds is 6. The fourth-order valence-electron chi connectivity index (χ4n) is 1.74. The number of hydrogen-bond donors (Lipinski definition) is 0. The van der Waals surface area contributed by atoms with Crippen LogP contribution < -0.4 is 0 Å². The Morgan fingerprint density at radius 3 is 2.75 bits per heavy atom. The zero-order valence-electron chi connectivity index (χ0n) is 10.2. The number of unbranched alkanes of at least 4 members (excludes halogenated alkanes) is 2. The van der Waals surface area contributed by atoms with Gasteiger partial charge in [0, 0.05) is 6.42 Å². The first kappa shape index (κ1) is 12.8. The zero-order chi connectivity index (χ0) is 11.8. The van der Waals surface area contributed by atoms with E-state index in [1.54, 1.807) is 0 Å². The highest BCUT2D eigenvalue weighted by Crippen LogP contribution is 2.09. The third-order valence-corrected chi connectivity index (χ3v) is 2.66. The van der Waals surface area contributed by atoms with E-state index in [-0.39, 0.29) is 5.97 Å². The average molecular weight is 220 g/mol. The van der Waals surface area contributed by atoms with Crippen LogP contribution >= 0.6 is 0 Å². The van der Waals surface area contributed by atoms with E-state index in [1.807, 2.05) is 0 Å². The fraction of sp³-hybridized carbons (Fsp3) is 0.500. The molecule has 88 valence electrons. The van der Waals surface area contributed by atoms with Crippen molar-refractivity contribution < 1.29 is 9.53 Å². The Bertz CT molecular complexity index is 331. The molecule has 0 saturated carbocycles. The van der Waals surface area contributed by atoms with E-state index < -0.39 is 0 Å². The van der Waals surface area contributed by atoms with Crippen LogP contribution in [0.25, 0.3) is 0 Å². The van der Waals surface area contributed by atoms with Crippen LogP contribution in [0, 0.1) is 6.92 Å². The predicted molar refractivity (Wildman–Crippen MR) is 65.4 cm³/mol. The lowest BCUT2D eigenvalue weighted by Crippen LogP contribution is -1.99. The van der Waals surface area contributed by atoms with Gasteiger partial charge in [-0.3, -0.25) is 4.79 Å². The summed E-state index contributed by atoms with van der Waals surface area (Å²) in [6.45, 7) is 2.11. The molecule has 0 heterocycles. The molecular weight excluding hydrogens is 200 g/mol. The van der Waals surface area contributed by atoms with Crippen molar-refractivity contribution in [2.24, 2.45) is 0 Å². The Morgan fingerprint density at radius 1 is 1.25 bits per heavy atom. The Hall–Kier alpha value is -1.31. The van der Waals surface area contributed by atoms with Gasteiger partial charge >= 0.3 is 5.97 Å². The summed E-state index contributed by atoms with van der Waals surface area (Å²) >= 11 is 0. The summed E-state index contributed by atoms with van der Waals surface area (Å²) in [5, 5.41) is 0. The van der Waals surface area contributed by atoms with Crippen LogP contribution in [0.1, 0.15) is 36.8 Å². The highest BCUT2D eigenvalue weighted by atomic mass is 16.5. The molecule has 0 aromatic heterocycles. The van der Waals surface area contributed by atoms with Crippen molar-refractivity contribution in [1.82, 2.24) is 0 Å². The number of esters is 1. The van der Waals surface area contributed by atoms with Gasteiger partial charge in [0.15, 0.2) is 0 Å². The van der Waals surface area contributed by atoms with Crippen molar-refractivity contribution >= 4 is 5.97 Å². The highest BCUT2D eigenvalue weighted by molar-refractivity contribution is 5.68. The van der Waals surface area contributed by atoms with Gasteiger partial charge in [-0.1, -0.05) is 36.2 Å². The van der Waals surface area contributed by atoms with Crippen LogP contribution in [0.2, 0.25) is 0 Å². The van der Waals surface area contributed by atoms with Crippen molar-refractivity contribution in [2.45, 2.75) is 39.0 Å². The van der Waals surface area contributed by atoms with Gasteiger partial charge in [0.25, 0.3) is 0 Å². The van der Waals surface area contributed by atoms with E-state index in [1.165, 1.54) is 18.2 Å². The Balaban J connectivity index is 2.14. The summed E-state index contributed by atoms with van der Waals surface area (Å²) in [5.41, 5.74) is 2.70. The minimum absolute atomic E-state index is 0.101. The van der Waals surface area contributed by atoms with Crippen LogP contribution in [0.15, 0.2) is 24.3 Å². The molecule has 1 aromatic carbocycles. The lowest BCUT2D eigenvalue weighted by Gasteiger charge is -2.02. The molecule has 0 bridgehead atoms. The fourth-order valence-corrected chi connectivity index (χ4v) is 1.74. The molecule has 0 fully saturated rings. The van der Waals surface area contributed by atoms with Crippen LogP contribution in [0.4, 0.5) is 0 Å². The second-order valence-electron chi connectivity index (χ2n) is 4.13. The SMILES string of the molecule is COC(=O)CCCCCc1cccc(C)c1. The second-order valence-corrected chi connectivity index (χ2v) is 4.13. The molecule has 0 amide bonds. The van der Waals surface area contributed by atoms with Gasteiger partial charge in [0.05, 0.1) is 7.11 Å². The number of methoxy groups -OCH3 is 1. The first-order chi connectivity index (χ1) is 7.72. The number of carbonyl (C=O) groups excluding carboxylic acids is 1. The van der Waals surface area contributed by atoms with Crippen molar-refractivity contribution in [3.05, 3.63) is 35.4 Å². The van der Waals surface area contributed by atoms with Gasteiger partial charge in [-0.25, -0.2) is 0 Å². The molecule has 0 spiro atoms. The summed E-state index contributed by atoms with van der Waals surface area (Å²) in [5.74, 6) is -0.101. The van der Waals surface area contributed by atoms with Gasteiger partial charge in [-0.2, -0.15) is 0 Å². The first-order valence-corrected chi connectivity index (χ1v) is 5.84. The van der Waals surface area contributed by atoms with E-state index in [4.69, 9.17) is 0 Å². The topological polar surface area (TPSA) is 26.3 Å². The molecule has 2 nitrogen and oxygen atoms in total. The van der Waals surface area contributed by atoms with Gasteiger partial charge in [0.1, 0.15) is 0 Å². The van der Waals surface area contributed by atoms with Gasteiger partial charge in [-0.05, 0) is 31.7 Å². The normalized spacial score (nSPS) is 10.1. The van der Waals surface area contributed by atoms with E-state index >= 15 is 0 Å². The average Bonchev–Trinajstić information content (AvgIpc) is 2.28. The maximum atomic E-state index is 10.9. The molecular formula is C14H20O2. The van der Waals surface area contributed by atoms with Gasteiger partial charge in [0.2, 0.25) is 0 Å². The first-order valence-electron chi connectivity index (χ1n) is 5.84. The lowest BCUT2D eigenvalue weighted by atomic mass is 10.0. The number of hydrogen-bond acceptors (Lipinski definition) is 2. The van der Waals surface area contributed by atoms with E-state index in [9.17, 15) is 4.79 Å². The maximum Gasteiger partial charge on any atom is 0.305 e. The Morgan fingerprint density at radius 2 is 2.06 bits per heavy atom. The lowest BCUT2D eigenvalue weighted by molar-refractivity contribution is -0.140. The summed E-state index contributed by atoms with van der Waals surface area (Å²) in [7, 11) is 1.44. The van der Waals surface area contributed by atoms with Gasteiger partial charge in [-0.15, -0.1) is 0 Å². The van der Waals surface area contributed by atoms with Gasteiger partial charge < -0.3 is 4.74 Å². The predicted octanol–water partition coefficient (Wildman–Crippen LogP) is 3.27. The highest BCUT2D eigenvalue weighted by Gasteiger charge is 1.99. The number of benzene rings is 1. The third kappa shape index (κ3) is 4.96. The molecule has 0 aliphatic rings. The standard InChI is InChI=1S/C14H20O2/c1-12-7-6-9-13(11-12)8-4-3-5-10-14(15)16-2/h6-7,9,11H,3-5,8,10H2,1-2H3. The molecule has 0 N–H and O–H groups in total. The Labute approximate surface area is 97.6 Å². The van der Waals surface area contributed by atoms with Crippen LogP contribution in [-0.2, 0) is 16.0 Å².